The molecule has 0 radical (unpaired) electrons. The van der Waals surface area contributed by atoms with Gasteiger partial charge in [-0.15, -0.1) is 0 Å². The molecule has 3 aliphatic heterocycles. The quantitative estimate of drug-likeness (QED) is 0.220. The number of hydrogen-bond donors (Lipinski definition) is 2. The summed E-state index contributed by atoms with van der Waals surface area (Å²) < 4.78 is 19.4. The van der Waals surface area contributed by atoms with Crippen LogP contribution >= 0.6 is 0 Å². The number of cyclic esters (lactones) is 1. The van der Waals surface area contributed by atoms with E-state index in [1.54, 1.807) is 0 Å². The number of ether oxygens (including phenoxy) is 3. The molecule has 2 fully saturated rings. The maximum absolute atomic E-state index is 13.9. The van der Waals surface area contributed by atoms with Crippen molar-refractivity contribution in [3.63, 3.8) is 0 Å². The number of β-amino-alcohol motifs (C(OH)–C–C–N with tert-alkyl or cyclic N) is 2. The molecule has 0 bridgehead atoms. The highest BCUT2D eigenvalue weighted by molar-refractivity contribution is 5.96. The highest BCUT2D eigenvalue weighted by atomic mass is 16.6. The number of aliphatic hydroxyl groups excluding tert-OH is 2. The summed E-state index contributed by atoms with van der Waals surface area (Å²) in [5.74, 6) is 1.20. The van der Waals surface area contributed by atoms with E-state index in [1.807, 2.05) is 38.1 Å². The maximum atomic E-state index is 13.9. The lowest BCUT2D eigenvalue weighted by molar-refractivity contribution is 0.0243. The molecule has 6 rings (SSSR count). The van der Waals surface area contributed by atoms with Crippen LogP contribution in [0.15, 0.2) is 48.5 Å². The van der Waals surface area contributed by atoms with Gasteiger partial charge in [0.15, 0.2) is 5.60 Å². The van der Waals surface area contributed by atoms with Crippen molar-refractivity contribution in [3.05, 3.63) is 93.0 Å². The topological polar surface area (TPSA) is 98.2 Å². The van der Waals surface area contributed by atoms with Crippen LogP contribution in [0.25, 0.3) is 0 Å². The Kier molecular flexibility index (Phi) is 12.7. The number of esters is 1. The number of carbonyl (C=O) groups is 1. The van der Waals surface area contributed by atoms with E-state index in [4.69, 9.17) is 14.2 Å². The number of hydrogen-bond acceptors (Lipinski definition) is 10. The summed E-state index contributed by atoms with van der Waals surface area (Å²) in [6.45, 7) is 21.9. The number of rotatable bonds is 14. The smallest absolute Gasteiger partial charge is 0.340 e. The molecule has 2 atom stereocenters. The van der Waals surface area contributed by atoms with Gasteiger partial charge in [0.2, 0.25) is 0 Å². The zero-order chi connectivity index (χ0) is 38.7. The number of fused-ring (bicyclic) bond motifs is 1. The van der Waals surface area contributed by atoms with E-state index in [1.165, 1.54) is 0 Å². The molecular formula is C44H62N4O6. The van der Waals surface area contributed by atoms with Crippen molar-refractivity contribution in [1.29, 1.82) is 0 Å². The minimum Gasteiger partial charge on any atom is -0.491 e. The van der Waals surface area contributed by atoms with Crippen LogP contribution in [0, 0.1) is 13.8 Å². The van der Waals surface area contributed by atoms with Crippen LogP contribution in [0.1, 0.15) is 88.8 Å². The lowest BCUT2D eigenvalue weighted by Gasteiger charge is -2.36. The second-order valence-corrected chi connectivity index (χ2v) is 16.5. The maximum Gasteiger partial charge on any atom is 0.340 e. The molecule has 3 aliphatic rings. The largest absolute Gasteiger partial charge is 0.491 e. The molecular weight excluding hydrogens is 681 g/mol. The molecule has 10 heteroatoms. The van der Waals surface area contributed by atoms with Gasteiger partial charge in [-0.1, -0.05) is 45.9 Å². The number of aryl methyl sites for hydroxylation is 2. The van der Waals surface area contributed by atoms with E-state index >= 15 is 0 Å². The standard InChI is InChI=1S/C44H62N4O6/c1-29(2)36-23-41(52-27-33(49)25-47-17-13-45(7)14-18-47)31(5)21-39(36)44(38-12-10-9-11-35(38)43(51)54-44)40-22-32(6)42(24-37(40)30(3)4)53-28-34(50)26-48-19-15-46(8)16-20-48/h9-12,21-24,29-30,33-34,49-50H,13-20,25-28H2,1-8H3. The Morgan fingerprint density at radius 1 is 0.667 bits per heavy atom. The highest BCUT2D eigenvalue weighted by Crippen LogP contribution is 2.52. The van der Waals surface area contributed by atoms with Gasteiger partial charge in [-0.3, -0.25) is 9.80 Å². The molecule has 10 nitrogen and oxygen atoms in total. The van der Waals surface area contributed by atoms with Gasteiger partial charge in [0.05, 0.1) is 5.56 Å². The van der Waals surface area contributed by atoms with Crippen LogP contribution in [0.4, 0.5) is 0 Å². The third-order valence-electron chi connectivity index (χ3n) is 11.5. The van der Waals surface area contributed by atoms with Crippen molar-refractivity contribution < 1.29 is 29.2 Å². The van der Waals surface area contributed by atoms with Crippen LogP contribution in [-0.4, -0.2) is 141 Å². The first-order valence-corrected chi connectivity index (χ1v) is 19.8. The summed E-state index contributed by atoms with van der Waals surface area (Å²) in [5, 5.41) is 21.9. The summed E-state index contributed by atoms with van der Waals surface area (Å²) in [6, 6.07) is 16.1. The van der Waals surface area contributed by atoms with E-state index < -0.39 is 17.8 Å². The molecule has 0 aliphatic carbocycles. The van der Waals surface area contributed by atoms with Gasteiger partial charge in [0.1, 0.15) is 36.9 Å². The van der Waals surface area contributed by atoms with E-state index in [0.717, 1.165) is 91.3 Å². The van der Waals surface area contributed by atoms with Gasteiger partial charge in [-0.25, -0.2) is 4.79 Å². The second kappa shape index (κ2) is 17.1. The molecule has 0 spiro atoms. The number of nitrogens with zero attached hydrogens (tertiary/aromatic N) is 4. The third-order valence-corrected chi connectivity index (χ3v) is 11.5. The van der Waals surface area contributed by atoms with Gasteiger partial charge >= 0.3 is 5.97 Å². The van der Waals surface area contributed by atoms with Gasteiger partial charge in [0, 0.05) is 82.1 Å². The first-order chi connectivity index (χ1) is 25.8. The molecule has 0 aromatic heterocycles. The molecule has 2 N–H and O–H groups in total. The van der Waals surface area contributed by atoms with Gasteiger partial charge < -0.3 is 34.2 Å². The van der Waals surface area contributed by atoms with Crippen molar-refractivity contribution in [3.8, 4) is 11.5 Å². The van der Waals surface area contributed by atoms with Crippen molar-refractivity contribution in [1.82, 2.24) is 19.6 Å². The third kappa shape index (κ3) is 8.64. The normalized spacial score (nSPS) is 21.4. The summed E-state index contributed by atoms with van der Waals surface area (Å²) in [4.78, 5) is 23.1. The lowest BCUT2D eigenvalue weighted by Crippen LogP contribution is -2.47. The van der Waals surface area contributed by atoms with Crippen molar-refractivity contribution in [2.45, 2.75) is 71.2 Å². The fourth-order valence-corrected chi connectivity index (χ4v) is 8.18. The lowest BCUT2D eigenvalue weighted by atomic mass is 9.72. The highest BCUT2D eigenvalue weighted by Gasteiger charge is 2.51. The Morgan fingerprint density at radius 2 is 1.09 bits per heavy atom. The number of piperazine rings is 2. The number of aliphatic hydroxyl groups is 2. The molecule has 3 aromatic carbocycles. The van der Waals surface area contributed by atoms with Gasteiger partial charge in [-0.2, -0.15) is 0 Å². The first kappa shape index (κ1) is 40.2. The number of likely N-dealkylation sites (N-methyl/N-ethyl adjacent to an activating group) is 2. The Morgan fingerprint density at radius 3 is 1.52 bits per heavy atom. The van der Waals surface area contributed by atoms with Crippen LogP contribution in [0.3, 0.4) is 0 Å². The van der Waals surface area contributed by atoms with Crippen LogP contribution in [-0.2, 0) is 10.3 Å². The zero-order valence-corrected chi connectivity index (χ0v) is 33.7. The van der Waals surface area contributed by atoms with Crippen LogP contribution < -0.4 is 9.47 Å². The minimum atomic E-state index is -1.22. The number of benzene rings is 3. The molecule has 0 saturated carbocycles. The SMILES string of the molecule is Cc1cc(C2(c3cc(C)c(OCC(O)CN4CCN(C)CC4)cc3C(C)C)OC(=O)c3ccccc32)c(C(C)C)cc1OCC(O)CN1CCN(C)CC1. The molecule has 3 aromatic rings. The van der Waals surface area contributed by atoms with E-state index in [2.05, 4.69) is 85.7 Å². The predicted molar refractivity (Wildman–Crippen MR) is 213 cm³/mol. The predicted octanol–water partition coefficient (Wildman–Crippen LogP) is 4.99. The Bertz CT molecular complexity index is 1670. The molecule has 3 heterocycles. The van der Waals surface area contributed by atoms with Gasteiger partial charge in [-0.05, 0) is 92.4 Å². The zero-order valence-electron chi connectivity index (χ0n) is 33.7. The van der Waals surface area contributed by atoms with Gasteiger partial charge in [0.25, 0.3) is 0 Å². The minimum absolute atomic E-state index is 0.0644. The van der Waals surface area contributed by atoms with E-state index in [0.29, 0.717) is 30.2 Å². The van der Waals surface area contributed by atoms with Crippen molar-refractivity contribution in [2.75, 3.05) is 92.8 Å². The summed E-state index contributed by atoms with van der Waals surface area (Å²) in [6.07, 6.45) is -1.23. The average Bonchev–Trinajstić information content (AvgIpc) is 3.44. The van der Waals surface area contributed by atoms with E-state index in [-0.39, 0.29) is 31.0 Å². The van der Waals surface area contributed by atoms with Crippen LogP contribution in [0.2, 0.25) is 0 Å². The molecule has 0 amide bonds. The molecule has 2 unspecified atom stereocenters. The molecule has 54 heavy (non-hydrogen) atoms. The molecule has 294 valence electrons. The summed E-state index contributed by atoms with van der Waals surface area (Å²) in [7, 11) is 4.26. The second-order valence-electron chi connectivity index (χ2n) is 16.5. The van der Waals surface area contributed by atoms with Crippen molar-refractivity contribution >= 4 is 5.97 Å². The average molecular weight is 743 g/mol. The first-order valence-electron chi connectivity index (χ1n) is 19.8. The summed E-state index contributed by atoms with van der Waals surface area (Å²) >= 11 is 0. The Balaban J connectivity index is 1.35. The fourth-order valence-electron chi connectivity index (χ4n) is 8.18. The van der Waals surface area contributed by atoms with Crippen LogP contribution in [0.5, 0.6) is 11.5 Å². The van der Waals surface area contributed by atoms with Crippen molar-refractivity contribution in [2.24, 2.45) is 0 Å². The Hall–Kier alpha value is -3.51. The Labute approximate surface area is 322 Å². The van der Waals surface area contributed by atoms with E-state index in [9.17, 15) is 15.0 Å². The fraction of sp³-hybridized carbons (Fsp3) is 0.568. The monoisotopic (exact) mass is 742 g/mol. The number of carbonyl (C=O) groups excluding carboxylic acids is 1. The summed E-state index contributed by atoms with van der Waals surface area (Å²) in [5.41, 5.74) is 5.76. The molecule has 2 saturated heterocycles.